The Bertz CT molecular complexity index is 2520. The van der Waals surface area contributed by atoms with E-state index in [1.54, 1.807) is 0 Å². The summed E-state index contributed by atoms with van der Waals surface area (Å²) in [5.74, 6) is 0.443. The van der Waals surface area contributed by atoms with Crippen molar-refractivity contribution in [2.45, 2.75) is 65.6 Å². The molecule has 0 fully saturated rings. The minimum atomic E-state index is -1.29. The van der Waals surface area contributed by atoms with Gasteiger partial charge in [0.25, 0.3) is 0 Å². The fourth-order valence-electron chi connectivity index (χ4n) is 6.64. The van der Waals surface area contributed by atoms with Crippen LogP contribution in [-0.4, -0.2) is 18.0 Å². The van der Waals surface area contributed by atoms with Gasteiger partial charge in [0.05, 0.1) is 13.7 Å². The van der Waals surface area contributed by atoms with Gasteiger partial charge in [0.15, 0.2) is 0 Å². The van der Waals surface area contributed by atoms with E-state index in [-0.39, 0.29) is 25.5 Å². The van der Waals surface area contributed by atoms with Gasteiger partial charge < -0.3 is 14.4 Å². The summed E-state index contributed by atoms with van der Waals surface area (Å²) in [5, 5.41) is 3.60. The Morgan fingerprint density at radius 2 is 1.33 bits per heavy atom. The van der Waals surface area contributed by atoms with Gasteiger partial charge in [0, 0.05) is 37.9 Å². The van der Waals surface area contributed by atoms with Crippen LogP contribution in [0.2, 0.25) is 19.6 Å². The Morgan fingerprint density at radius 3 is 2.00 bits per heavy atom. The summed E-state index contributed by atoms with van der Waals surface area (Å²) >= 11 is 0. The molecule has 5 aromatic carbocycles. The Hall–Kier alpha value is -4.93. The van der Waals surface area contributed by atoms with Crippen molar-refractivity contribution in [2.24, 2.45) is 0 Å². The van der Waals surface area contributed by atoms with E-state index in [0.717, 1.165) is 50.0 Å². The number of rotatable bonds is 6. The molecule has 0 saturated heterocycles. The van der Waals surface area contributed by atoms with Crippen LogP contribution in [0.5, 0.6) is 0 Å². The standard InChI is InChI=1S/C30H28NO.C20H20NSi.Ir/c1-19(2)21-15-16-31-27(17-21)26-8-6-7-25-24-14-11-22(18-28(24)32-29(25)26)20-9-12-23(13-10-20)30(3,4)5;1-22(2,3)19-12-13-20(21-15-19)18-11-7-10-17(14-18)16-8-5-4-6-9-16;/h6-7,9-19H,1-5H3;4-10,12-15H,1-3H3;/q2*-1;. The second-order valence-electron chi connectivity index (χ2n) is 16.4. The molecular formula is C50H48IrN2OSi-2. The van der Waals surface area contributed by atoms with Crippen LogP contribution in [0.25, 0.3) is 66.7 Å². The van der Waals surface area contributed by atoms with E-state index >= 15 is 0 Å². The minimum Gasteiger partial charge on any atom is -0.501 e. The zero-order chi connectivity index (χ0) is 38.0. The number of aromatic nitrogens is 2. The first-order valence-corrected chi connectivity index (χ1v) is 22.3. The van der Waals surface area contributed by atoms with Crippen molar-refractivity contribution in [1.82, 2.24) is 9.97 Å². The van der Waals surface area contributed by atoms with E-state index < -0.39 is 8.07 Å². The first-order valence-electron chi connectivity index (χ1n) is 18.8. The average molecular weight is 913 g/mol. The molecule has 3 aromatic heterocycles. The topological polar surface area (TPSA) is 38.9 Å². The van der Waals surface area contributed by atoms with Crippen molar-refractivity contribution in [2.75, 3.05) is 0 Å². The molecule has 3 nitrogen and oxygen atoms in total. The number of nitrogens with zero attached hydrogens (tertiary/aromatic N) is 2. The van der Waals surface area contributed by atoms with Crippen LogP contribution in [0.1, 0.15) is 51.7 Å². The summed E-state index contributed by atoms with van der Waals surface area (Å²) in [5.41, 5.74) is 13.1. The Morgan fingerprint density at radius 1 is 0.636 bits per heavy atom. The smallest absolute Gasteiger partial charge is 0.121 e. The summed E-state index contributed by atoms with van der Waals surface area (Å²) in [7, 11) is -1.29. The SMILES string of the molecule is CC(C)c1ccnc(-c2[c-]ccc3c2oc2cc(-c4ccc(C(C)(C)C)cc4)ccc23)c1.C[Si](C)(C)c1ccc(-c2[c-]ccc(-c3ccccc3)c2)nc1.[Ir]. The van der Waals surface area contributed by atoms with Crippen molar-refractivity contribution in [3.63, 3.8) is 0 Å². The Kier molecular flexibility index (Phi) is 11.9. The van der Waals surface area contributed by atoms with Gasteiger partial charge in [0.2, 0.25) is 0 Å². The third kappa shape index (κ3) is 8.97. The monoisotopic (exact) mass is 913 g/mol. The van der Waals surface area contributed by atoms with Gasteiger partial charge in [-0.05, 0) is 62.3 Å². The third-order valence-corrected chi connectivity index (χ3v) is 12.1. The van der Waals surface area contributed by atoms with Crippen molar-refractivity contribution in [3.8, 4) is 44.8 Å². The maximum atomic E-state index is 6.41. The first kappa shape index (κ1) is 39.8. The molecule has 0 saturated carbocycles. The van der Waals surface area contributed by atoms with Crippen LogP contribution in [0.3, 0.4) is 0 Å². The molecule has 8 rings (SSSR count). The molecule has 0 atom stereocenters. The molecule has 3 heterocycles. The number of fused-ring (bicyclic) bond motifs is 3. The van der Waals surface area contributed by atoms with Crippen LogP contribution in [0.4, 0.5) is 0 Å². The molecule has 5 heteroatoms. The molecule has 8 aromatic rings. The van der Waals surface area contributed by atoms with E-state index in [2.05, 4.69) is 186 Å². The maximum absolute atomic E-state index is 6.41. The molecule has 0 unspecified atom stereocenters. The summed E-state index contributed by atoms with van der Waals surface area (Å²) in [4.78, 5) is 9.27. The number of hydrogen-bond acceptors (Lipinski definition) is 3. The summed E-state index contributed by atoms with van der Waals surface area (Å²) in [6.45, 7) is 18.1. The Labute approximate surface area is 341 Å². The molecule has 1 radical (unpaired) electrons. The predicted molar refractivity (Wildman–Crippen MR) is 231 cm³/mol. The molecule has 55 heavy (non-hydrogen) atoms. The fourth-order valence-corrected chi connectivity index (χ4v) is 7.67. The zero-order valence-electron chi connectivity index (χ0n) is 33.0. The van der Waals surface area contributed by atoms with E-state index in [1.807, 2.05) is 30.6 Å². The molecule has 0 amide bonds. The summed E-state index contributed by atoms with van der Waals surface area (Å²) in [6, 6.07) is 51.2. The van der Waals surface area contributed by atoms with E-state index in [0.29, 0.717) is 5.92 Å². The van der Waals surface area contributed by atoms with Crippen LogP contribution in [0.15, 0.2) is 144 Å². The van der Waals surface area contributed by atoms with E-state index in [4.69, 9.17) is 4.42 Å². The van der Waals surface area contributed by atoms with Gasteiger partial charge in [0.1, 0.15) is 5.58 Å². The van der Waals surface area contributed by atoms with Crippen LogP contribution in [0, 0.1) is 12.1 Å². The summed E-state index contributed by atoms with van der Waals surface area (Å²) in [6.07, 6.45) is 3.91. The fraction of sp³-hybridized carbons (Fsp3) is 0.200. The number of furan rings is 1. The first-order chi connectivity index (χ1) is 25.8. The molecule has 0 aliphatic carbocycles. The van der Waals surface area contributed by atoms with Gasteiger partial charge in [-0.1, -0.05) is 156 Å². The van der Waals surface area contributed by atoms with Gasteiger partial charge in [-0.2, -0.15) is 0 Å². The Balaban J connectivity index is 0.000000196. The molecule has 0 aliphatic heterocycles. The van der Waals surface area contributed by atoms with Crippen molar-refractivity contribution in [1.29, 1.82) is 0 Å². The molecule has 0 N–H and O–H groups in total. The quantitative estimate of drug-likeness (QED) is 0.123. The maximum Gasteiger partial charge on any atom is 0.121 e. The molecule has 279 valence electrons. The largest absolute Gasteiger partial charge is 0.501 e. The van der Waals surface area contributed by atoms with Crippen molar-refractivity contribution >= 4 is 35.2 Å². The van der Waals surface area contributed by atoms with E-state index in [9.17, 15) is 0 Å². The summed E-state index contributed by atoms with van der Waals surface area (Å²) < 4.78 is 6.41. The average Bonchev–Trinajstić information content (AvgIpc) is 3.56. The van der Waals surface area contributed by atoms with Gasteiger partial charge in [-0.25, -0.2) is 0 Å². The van der Waals surface area contributed by atoms with Crippen molar-refractivity contribution < 1.29 is 24.5 Å². The molecule has 0 spiro atoms. The van der Waals surface area contributed by atoms with Gasteiger partial charge in [-0.3, -0.25) is 0 Å². The number of benzene rings is 5. The molecular weight excluding hydrogens is 865 g/mol. The van der Waals surface area contributed by atoms with Gasteiger partial charge in [-0.15, -0.1) is 53.6 Å². The molecule has 0 aliphatic rings. The number of pyridine rings is 2. The molecule has 0 bridgehead atoms. The second-order valence-corrected chi connectivity index (χ2v) is 21.5. The van der Waals surface area contributed by atoms with Crippen LogP contribution >= 0.6 is 0 Å². The minimum absolute atomic E-state index is 0. The normalized spacial score (nSPS) is 11.7. The zero-order valence-corrected chi connectivity index (χ0v) is 36.4. The number of hydrogen-bond donors (Lipinski definition) is 0. The van der Waals surface area contributed by atoms with Crippen LogP contribution < -0.4 is 5.19 Å². The van der Waals surface area contributed by atoms with Crippen molar-refractivity contribution in [3.05, 3.63) is 163 Å². The second kappa shape index (κ2) is 16.4. The predicted octanol–water partition coefficient (Wildman–Crippen LogP) is 13.3. The van der Waals surface area contributed by atoms with E-state index in [1.165, 1.54) is 33.0 Å². The van der Waals surface area contributed by atoms with Gasteiger partial charge >= 0.3 is 0 Å². The third-order valence-electron chi connectivity index (χ3n) is 10.0. The van der Waals surface area contributed by atoms with Crippen LogP contribution in [-0.2, 0) is 25.5 Å².